The second-order valence-electron chi connectivity index (χ2n) is 8.82. The van der Waals surface area contributed by atoms with Gasteiger partial charge in [-0.2, -0.15) is 0 Å². The Morgan fingerprint density at radius 1 is 0.786 bits per heavy atom. The maximum absolute atomic E-state index is 11.9. The van der Waals surface area contributed by atoms with Crippen molar-refractivity contribution in [2.45, 2.75) is 91.9 Å². The first kappa shape index (κ1) is 24.2. The highest BCUT2D eigenvalue weighted by molar-refractivity contribution is 5.75. The summed E-state index contributed by atoms with van der Waals surface area (Å²) in [4.78, 5) is 23.8. The van der Waals surface area contributed by atoms with Gasteiger partial charge in [0.25, 0.3) is 0 Å². The monoisotopic (exact) mass is 390 g/mol. The van der Waals surface area contributed by atoms with Gasteiger partial charge in [-0.25, -0.2) is 0 Å². The predicted molar refractivity (Wildman–Crippen MR) is 114 cm³/mol. The lowest BCUT2D eigenvalue weighted by Gasteiger charge is -2.27. The number of carboxylic acid groups (broad SMARTS) is 2. The van der Waals surface area contributed by atoms with Crippen molar-refractivity contribution in [1.82, 2.24) is 0 Å². The van der Waals surface area contributed by atoms with Crippen LogP contribution in [0.15, 0.2) is 24.3 Å². The number of benzene rings is 1. The SMILES string of the molecule is CCCCCC(C)(Cc1cccc(CC(C)(CCCCC)C(=O)O)c1)C(=O)O. The van der Waals surface area contributed by atoms with Gasteiger partial charge in [-0.15, -0.1) is 0 Å². The van der Waals surface area contributed by atoms with Crippen LogP contribution in [0.2, 0.25) is 0 Å². The maximum atomic E-state index is 11.9. The highest BCUT2D eigenvalue weighted by Gasteiger charge is 2.34. The lowest BCUT2D eigenvalue weighted by molar-refractivity contribution is -0.149. The topological polar surface area (TPSA) is 74.6 Å². The van der Waals surface area contributed by atoms with Crippen LogP contribution in [0.25, 0.3) is 0 Å². The molecule has 0 aliphatic carbocycles. The van der Waals surface area contributed by atoms with Gasteiger partial charge in [0, 0.05) is 0 Å². The van der Waals surface area contributed by atoms with E-state index in [0.717, 1.165) is 49.7 Å². The van der Waals surface area contributed by atoms with E-state index in [2.05, 4.69) is 13.8 Å². The fraction of sp³-hybridized carbons (Fsp3) is 0.667. The molecule has 4 heteroatoms. The minimum absolute atomic E-state index is 0.472. The average molecular weight is 391 g/mol. The zero-order valence-corrected chi connectivity index (χ0v) is 18.1. The molecule has 0 saturated carbocycles. The molecule has 28 heavy (non-hydrogen) atoms. The van der Waals surface area contributed by atoms with Crippen molar-refractivity contribution in [3.63, 3.8) is 0 Å². The molecule has 0 spiro atoms. The Balaban J connectivity index is 2.94. The van der Waals surface area contributed by atoms with E-state index < -0.39 is 22.8 Å². The van der Waals surface area contributed by atoms with Crippen LogP contribution in [0.5, 0.6) is 0 Å². The van der Waals surface area contributed by atoms with E-state index >= 15 is 0 Å². The molecule has 158 valence electrons. The molecule has 0 bridgehead atoms. The lowest BCUT2D eigenvalue weighted by Crippen LogP contribution is -2.31. The summed E-state index contributed by atoms with van der Waals surface area (Å²) in [5, 5.41) is 19.5. The number of aliphatic carboxylic acids is 2. The highest BCUT2D eigenvalue weighted by Crippen LogP contribution is 2.33. The Bertz CT molecular complexity index is 588. The zero-order chi connectivity index (χ0) is 21.2. The van der Waals surface area contributed by atoms with E-state index in [-0.39, 0.29) is 0 Å². The first-order valence-corrected chi connectivity index (χ1v) is 10.7. The largest absolute Gasteiger partial charge is 0.481 e. The van der Waals surface area contributed by atoms with Crippen molar-refractivity contribution >= 4 is 11.9 Å². The molecular formula is C24H38O4. The van der Waals surface area contributed by atoms with Gasteiger partial charge < -0.3 is 10.2 Å². The first-order chi connectivity index (χ1) is 13.2. The van der Waals surface area contributed by atoms with E-state index in [1.165, 1.54) is 0 Å². The molecule has 0 radical (unpaired) electrons. The number of rotatable bonds is 14. The van der Waals surface area contributed by atoms with Gasteiger partial charge in [-0.1, -0.05) is 76.6 Å². The molecule has 0 aromatic heterocycles. The van der Waals surface area contributed by atoms with E-state index in [4.69, 9.17) is 0 Å². The van der Waals surface area contributed by atoms with E-state index in [1.807, 2.05) is 38.1 Å². The van der Waals surface area contributed by atoms with Gasteiger partial charge in [0.05, 0.1) is 10.8 Å². The van der Waals surface area contributed by atoms with E-state index in [1.54, 1.807) is 0 Å². The molecule has 1 aromatic carbocycles. The summed E-state index contributed by atoms with van der Waals surface area (Å²) in [7, 11) is 0. The summed E-state index contributed by atoms with van der Waals surface area (Å²) in [5.41, 5.74) is 0.371. The van der Waals surface area contributed by atoms with Gasteiger partial charge in [0.2, 0.25) is 0 Å². The molecule has 0 heterocycles. The average Bonchev–Trinajstić information content (AvgIpc) is 2.62. The van der Waals surface area contributed by atoms with Crippen LogP contribution in [0.1, 0.15) is 90.2 Å². The molecule has 0 saturated heterocycles. The minimum Gasteiger partial charge on any atom is -0.481 e. The number of carboxylic acids is 2. The molecule has 2 N–H and O–H groups in total. The summed E-state index contributed by atoms with van der Waals surface area (Å²) < 4.78 is 0. The third-order valence-corrected chi connectivity index (χ3v) is 5.88. The summed E-state index contributed by atoms with van der Waals surface area (Å²) in [6.07, 6.45) is 8.29. The van der Waals surface area contributed by atoms with Gasteiger partial charge in [0.15, 0.2) is 0 Å². The molecule has 2 unspecified atom stereocenters. The van der Waals surface area contributed by atoms with Crippen molar-refractivity contribution < 1.29 is 19.8 Å². The van der Waals surface area contributed by atoms with Crippen molar-refractivity contribution in [3.05, 3.63) is 35.4 Å². The van der Waals surface area contributed by atoms with Crippen molar-refractivity contribution in [1.29, 1.82) is 0 Å². The van der Waals surface area contributed by atoms with Crippen LogP contribution < -0.4 is 0 Å². The quantitative estimate of drug-likeness (QED) is 0.376. The maximum Gasteiger partial charge on any atom is 0.309 e. The Morgan fingerprint density at radius 3 is 1.50 bits per heavy atom. The Labute approximate surface area is 170 Å². The molecule has 0 fully saturated rings. The van der Waals surface area contributed by atoms with E-state index in [0.29, 0.717) is 25.7 Å². The minimum atomic E-state index is -0.787. The summed E-state index contributed by atoms with van der Waals surface area (Å²) >= 11 is 0. The third-order valence-electron chi connectivity index (χ3n) is 5.88. The second-order valence-corrected chi connectivity index (χ2v) is 8.82. The Kier molecular flexibility index (Phi) is 9.71. The number of carbonyl (C=O) groups is 2. The highest BCUT2D eigenvalue weighted by atomic mass is 16.4. The summed E-state index contributed by atoms with van der Waals surface area (Å²) in [6, 6.07) is 7.84. The van der Waals surface area contributed by atoms with Crippen LogP contribution >= 0.6 is 0 Å². The number of hydrogen-bond acceptors (Lipinski definition) is 2. The van der Waals surface area contributed by atoms with Gasteiger partial charge in [-0.05, 0) is 50.7 Å². The molecule has 0 amide bonds. The summed E-state index contributed by atoms with van der Waals surface area (Å²) in [5.74, 6) is -1.52. The smallest absolute Gasteiger partial charge is 0.309 e. The van der Waals surface area contributed by atoms with Crippen molar-refractivity contribution in [2.24, 2.45) is 10.8 Å². The van der Waals surface area contributed by atoms with Crippen LogP contribution in [-0.2, 0) is 22.4 Å². The van der Waals surface area contributed by atoms with Gasteiger partial charge in [0.1, 0.15) is 0 Å². The number of hydrogen-bond donors (Lipinski definition) is 2. The Hall–Kier alpha value is -1.84. The van der Waals surface area contributed by atoms with Crippen LogP contribution in [0.3, 0.4) is 0 Å². The third kappa shape index (κ3) is 7.29. The predicted octanol–water partition coefficient (Wildman–Crippen LogP) is 6.11. The normalized spacial score (nSPS) is 15.6. The molecule has 4 nitrogen and oxygen atoms in total. The molecular weight excluding hydrogens is 352 g/mol. The van der Waals surface area contributed by atoms with Crippen LogP contribution in [0.4, 0.5) is 0 Å². The zero-order valence-electron chi connectivity index (χ0n) is 18.1. The standard InChI is InChI=1S/C24H38O4/c1-5-7-9-14-23(3,21(25)26)17-19-12-11-13-20(16-19)18-24(4,22(27)28)15-10-8-6-2/h11-13,16H,5-10,14-15,17-18H2,1-4H3,(H,25,26)(H,27,28). The van der Waals surface area contributed by atoms with Crippen LogP contribution in [0, 0.1) is 10.8 Å². The van der Waals surface area contributed by atoms with E-state index in [9.17, 15) is 19.8 Å². The van der Waals surface area contributed by atoms with Crippen molar-refractivity contribution in [3.8, 4) is 0 Å². The fourth-order valence-corrected chi connectivity index (χ4v) is 3.82. The molecule has 0 aliphatic heterocycles. The molecule has 2 atom stereocenters. The number of unbranched alkanes of at least 4 members (excludes halogenated alkanes) is 4. The van der Waals surface area contributed by atoms with Crippen LogP contribution in [-0.4, -0.2) is 22.2 Å². The van der Waals surface area contributed by atoms with Crippen molar-refractivity contribution in [2.75, 3.05) is 0 Å². The van der Waals surface area contributed by atoms with Gasteiger partial charge in [-0.3, -0.25) is 9.59 Å². The Morgan fingerprint density at radius 2 is 1.18 bits per heavy atom. The van der Waals surface area contributed by atoms with Gasteiger partial charge >= 0.3 is 11.9 Å². The fourth-order valence-electron chi connectivity index (χ4n) is 3.82. The second kappa shape index (κ2) is 11.2. The lowest BCUT2D eigenvalue weighted by atomic mass is 9.77. The molecule has 0 aliphatic rings. The first-order valence-electron chi connectivity index (χ1n) is 10.7. The molecule has 1 rings (SSSR count). The summed E-state index contributed by atoms with van der Waals surface area (Å²) in [6.45, 7) is 7.87. The molecule has 1 aromatic rings.